The van der Waals surface area contributed by atoms with Crippen molar-refractivity contribution in [2.75, 3.05) is 29.8 Å². The molecule has 1 aliphatic rings. The van der Waals surface area contributed by atoms with Crippen LogP contribution in [0.1, 0.15) is 0 Å². The molecule has 0 radical (unpaired) electrons. The molecule has 4 rings (SSSR count). The second-order valence-corrected chi connectivity index (χ2v) is 6.80. The molecule has 7 nitrogen and oxygen atoms in total. The number of benzene rings is 1. The number of hydrogen-bond donors (Lipinski definition) is 1. The van der Waals surface area contributed by atoms with E-state index >= 15 is 0 Å². The molecule has 0 aliphatic carbocycles. The fourth-order valence-electron chi connectivity index (χ4n) is 2.88. The molecule has 2 amide bonds. The summed E-state index contributed by atoms with van der Waals surface area (Å²) in [7, 11) is 3.73. The lowest BCUT2D eigenvalue weighted by molar-refractivity contribution is 0.229. The number of pyridine rings is 1. The molecule has 128 valence electrons. The van der Waals surface area contributed by atoms with Crippen molar-refractivity contribution in [1.29, 1.82) is 0 Å². The summed E-state index contributed by atoms with van der Waals surface area (Å²) in [6, 6.07) is 9.91. The number of rotatable bonds is 4. The van der Waals surface area contributed by atoms with Crippen LogP contribution in [0.3, 0.4) is 0 Å². The third-order valence-corrected chi connectivity index (χ3v) is 5.05. The van der Waals surface area contributed by atoms with E-state index in [2.05, 4.69) is 14.8 Å². The Morgan fingerprint density at radius 1 is 1.12 bits per heavy atom. The first kappa shape index (κ1) is 15.8. The van der Waals surface area contributed by atoms with Crippen molar-refractivity contribution in [1.82, 2.24) is 19.7 Å². The molecule has 3 heterocycles. The first-order valence-electron chi connectivity index (χ1n) is 7.96. The minimum Gasteiger partial charge on any atom is -0.326 e. The van der Waals surface area contributed by atoms with Crippen LogP contribution >= 0.6 is 11.9 Å². The van der Waals surface area contributed by atoms with Crippen LogP contribution in [-0.4, -0.2) is 45.8 Å². The number of anilines is 2. The predicted octanol–water partition coefficient (Wildman–Crippen LogP) is 2.96. The van der Waals surface area contributed by atoms with Crippen LogP contribution in [0.25, 0.3) is 10.9 Å². The standard InChI is InChI=1S/C17H18N6OS/c1-21-8-9-23(17(21)24)15-7-6-13(11-18-15)25-20-14-5-3-4-12-10-19-22(2)16(12)14/h3-7,10-11,20H,8-9H2,1-2H3. The summed E-state index contributed by atoms with van der Waals surface area (Å²) in [5, 5.41) is 5.39. The molecule has 3 aromatic rings. The number of likely N-dealkylation sites (N-methyl/N-ethyl adjacent to an activating group) is 1. The van der Waals surface area contributed by atoms with Gasteiger partial charge in [0.05, 0.1) is 17.4 Å². The number of para-hydroxylation sites is 1. The van der Waals surface area contributed by atoms with Gasteiger partial charge in [0, 0.05) is 43.7 Å². The van der Waals surface area contributed by atoms with Crippen LogP contribution in [0, 0.1) is 0 Å². The van der Waals surface area contributed by atoms with E-state index in [0.29, 0.717) is 12.4 Å². The Labute approximate surface area is 149 Å². The zero-order chi connectivity index (χ0) is 17.4. The van der Waals surface area contributed by atoms with Crippen LogP contribution in [0.2, 0.25) is 0 Å². The molecule has 0 bridgehead atoms. The Hall–Kier alpha value is -2.74. The van der Waals surface area contributed by atoms with Gasteiger partial charge in [0.25, 0.3) is 0 Å². The van der Waals surface area contributed by atoms with Gasteiger partial charge >= 0.3 is 6.03 Å². The number of aryl methyl sites for hydroxylation is 1. The van der Waals surface area contributed by atoms with Crippen molar-refractivity contribution in [2.24, 2.45) is 7.05 Å². The van der Waals surface area contributed by atoms with Gasteiger partial charge in [0.1, 0.15) is 5.82 Å². The van der Waals surface area contributed by atoms with Gasteiger partial charge in [-0.2, -0.15) is 5.10 Å². The van der Waals surface area contributed by atoms with E-state index in [1.165, 1.54) is 11.9 Å². The summed E-state index contributed by atoms with van der Waals surface area (Å²) >= 11 is 1.49. The summed E-state index contributed by atoms with van der Waals surface area (Å²) in [4.78, 5) is 20.8. The highest BCUT2D eigenvalue weighted by Crippen LogP contribution is 2.28. The van der Waals surface area contributed by atoms with Gasteiger partial charge < -0.3 is 9.62 Å². The van der Waals surface area contributed by atoms with Crippen LogP contribution in [0.4, 0.5) is 16.3 Å². The van der Waals surface area contributed by atoms with Crippen molar-refractivity contribution in [3.05, 3.63) is 42.7 Å². The van der Waals surface area contributed by atoms with E-state index in [0.717, 1.165) is 28.0 Å². The molecule has 1 fully saturated rings. The maximum atomic E-state index is 12.0. The molecule has 1 aliphatic heterocycles. The Morgan fingerprint density at radius 2 is 2.00 bits per heavy atom. The molecule has 0 saturated carbocycles. The number of aromatic nitrogens is 3. The maximum Gasteiger partial charge on any atom is 0.325 e. The van der Waals surface area contributed by atoms with Crippen LogP contribution in [0.15, 0.2) is 47.6 Å². The summed E-state index contributed by atoms with van der Waals surface area (Å²) in [5.41, 5.74) is 2.06. The Balaban J connectivity index is 1.48. The first-order chi connectivity index (χ1) is 12.1. The minimum atomic E-state index is -0.00564. The molecule has 25 heavy (non-hydrogen) atoms. The van der Waals surface area contributed by atoms with E-state index in [9.17, 15) is 4.79 Å². The molecular formula is C17H18N6OS. The Morgan fingerprint density at radius 3 is 2.72 bits per heavy atom. The number of fused-ring (bicyclic) bond motifs is 1. The molecule has 1 aromatic carbocycles. The zero-order valence-corrected chi connectivity index (χ0v) is 14.8. The van der Waals surface area contributed by atoms with Gasteiger partial charge in [-0.1, -0.05) is 12.1 Å². The zero-order valence-electron chi connectivity index (χ0n) is 14.0. The van der Waals surface area contributed by atoms with Crippen LogP contribution in [0.5, 0.6) is 0 Å². The number of carbonyl (C=O) groups is 1. The third kappa shape index (κ3) is 2.89. The van der Waals surface area contributed by atoms with Crippen molar-refractivity contribution in [3.63, 3.8) is 0 Å². The number of hydrogen-bond acceptors (Lipinski definition) is 5. The summed E-state index contributed by atoms with van der Waals surface area (Å²) in [5.74, 6) is 0.687. The normalized spacial score (nSPS) is 14.6. The second-order valence-electron chi connectivity index (χ2n) is 5.92. The average molecular weight is 354 g/mol. The van der Waals surface area contributed by atoms with Gasteiger partial charge in [0.2, 0.25) is 0 Å². The molecule has 1 N–H and O–H groups in total. The lowest BCUT2D eigenvalue weighted by Crippen LogP contribution is -2.29. The van der Waals surface area contributed by atoms with Crippen LogP contribution < -0.4 is 9.62 Å². The predicted molar refractivity (Wildman–Crippen MR) is 99.8 cm³/mol. The number of nitrogens with zero attached hydrogens (tertiary/aromatic N) is 5. The lowest BCUT2D eigenvalue weighted by atomic mass is 10.2. The first-order valence-corrected chi connectivity index (χ1v) is 8.77. The fraction of sp³-hybridized carbons (Fsp3) is 0.235. The van der Waals surface area contributed by atoms with Crippen LogP contribution in [-0.2, 0) is 7.05 Å². The second kappa shape index (κ2) is 6.29. The van der Waals surface area contributed by atoms with Gasteiger partial charge in [-0.3, -0.25) is 9.58 Å². The maximum absolute atomic E-state index is 12.0. The molecule has 2 aromatic heterocycles. The highest BCUT2D eigenvalue weighted by atomic mass is 32.2. The average Bonchev–Trinajstić information content (AvgIpc) is 3.17. The Bertz CT molecular complexity index is 923. The molecule has 1 saturated heterocycles. The quantitative estimate of drug-likeness (QED) is 0.730. The van der Waals surface area contributed by atoms with Crippen molar-refractivity contribution in [2.45, 2.75) is 4.90 Å². The minimum absolute atomic E-state index is 0.00564. The van der Waals surface area contributed by atoms with Crippen molar-refractivity contribution >= 4 is 40.4 Å². The van der Waals surface area contributed by atoms with E-state index in [1.807, 2.05) is 48.3 Å². The van der Waals surface area contributed by atoms with Gasteiger partial charge in [-0.05, 0) is 30.1 Å². The van der Waals surface area contributed by atoms with E-state index in [-0.39, 0.29) is 6.03 Å². The summed E-state index contributed by atoms with van der Waals surface area (Å²) < 4.78 is 5.22. The number of amides is 2. The number of urea groups is 1. The molecule has 0 atom stereocenters. The van der Waals surface area contributed by atoms with E-state index in [1.54, 1.807) is 23.0 Å². The summed E-state index contributed by atoms with van der Waals surface area (Å²) in [6.45, 7) is 1.41. The van der Waals surface area contributed by atoms with Crippen molar-refractivity contribution in [3.8, 4) is 0 Å². The highest BCUT2D eigenvalue weighted by Gasteiger charge is 2.27. The van der Waals surface area contributed by atoms with E-state index in [4.69, 9.17) is 0 Å². The SMILES string of the molecule is CN1CCN(c2ccc(SNc3cccc4cnn(C)c34)cn2)C1=O. The molecule has 0 spiro atoms. The smallest absolute Gasteiger partial charge is 0.325 e. The van der Waals surface area contributed by atoms with Crippen molar-refractivity contribution < 1.29 is 4.79 Å². The van der Waals surface area contributed by atoms with Gasteiger partial charge in [-0.15, -0.1) is 0 Å². The topological polar surface area (TPSA) is 66.3 Å². The Kier molecular flexibility index (Phi) is 3.96. The number of carbonyl (C=O) groups excluding carboxylic acids is 1. The highest BCUT2D eigenvalue weighted by molar-refractivity contribution is 8.00. The van der Waals surface area contributed by atoms with Gasteiger partial charge in [0.15, 0.2) is 0 Å². The molecule has 8 heteroatoms. The van der Waals surface area contributed by atoms with Gasteiger partial charge in [-0.25, -0.2) is 9.78 Å². The molecular weight excluding hydrogens is 336 g/mol. The fourth-order valence-corrected chi connectivity index (χ4v) is 3.52. The summed E-state index contributed by atoms with van der Waals surface area (Å²) in [6.07, 6.45) is 3.63. The van der Waals surface area contributed by atoms with E-state index < -0.39 is 0 Å². The number of nitrogens with one attached hydrogen (secondary N) is 1. The monoisotopic (exact) mass is 354 g/mol. The largest absolute Gasteiger partial charge is 0.326 e. The lowest BCUT2D eigenvalue weighted by Gasteiger charge is -2.15. The molecule has 0 unspecified atom stereocenters. The third-order valence-electron chi connectivity index (χ3n) is 4.25.